The third-order valence-corrected chi connectivity index (χ3v) is 6.02. The van der Waals surface area contributed by atoms with Crippen LogP contribution in [-0.4, -0.2) is 42.8 Å². The molecule has 1 aliphatic heterocycles. The van der Waals surface area contributed by atoms with Gasteiger partial charge in [-0.1, -0.05) is 6.42 Å². The van der Waals surface area contributed by atoms with E-state index in [2.05, 4.69) is 23.3 Å². The van der Waals surface area contributed by atoms with Crippen LogP contribution >= 0.6 is 11.3 Å². The van der Waals surface area contributed by atoms with E-state index >= 15 is 0 Å². The molecule has 1 aliphatic rings. The van der Waals surface area contributed by atoms with Gasteiger partial charge in [-0.25, -0.2) is 0 Å². The fraction of sp³-hybridized carbons (Fsp3) is 0.450. The largest absolute Gasteiger partial charge is 0.497 e. The van der Waals surface area contributed by atoms with Gasteiger partial charge in [0.15, 0.2) is 0 Å². The summed E-state index contributed by atoms with van der Waals surface area (Å²) in [6.07, 6.45) is 2.61. The van der Waals surface area contributed by atoms with Crippen LogP contribution in [0.4, 0.5) is 0 Å². The van der Waals surface area contributed by atoms with Gasteiger partial charge >= 0.3 is 5.97 Å². The number of carboxylic acid groups (broad SMARTS) is 1. The first-order chi connectivity index (χ1) is 12.5. The summed E-state index contributed by atoms with van der Waals surface area (Å²) in [5.74, 6) is 0.726. The van der Waals surface area contributed by atoms with E-state index in [0.717, 1.165) is 41.3 Å². The molecule has 140 valence electrons. The summed E-state index contributed by atoms with van der Waals surface area (Å²) >= 11 is 1.66. The molecule has 1 aromatic carbocycles. The number of carbonyl (C=O) groups is 1. The van der Waals surface area contributed by atoms with Crippen LogP contribution in [0.1, 0.15) is 41.3 Å². The Hall–Kier alpha value is -2.05. The van der Waals surface area contributed by atoms with Gasteiger partial charge in [0, 0.05) is 10.4 Å². The normalized spacial score (nSPS) is 19.1. The molecule has 0 aliphatic carbocycles. The highest BCUT2D eigenvalue weighted by Crippen LogP contribution is 2.42. The minimum Gasteiger partial charge on any atom is -0.497 e. The van der Waals surface area contributed by atoms with Crippen molar-refractivity contribution >= 4 is 17.3 Å². The molecule has 2 heterocycles. The van der Waals surface area contributed by atoms with Gasteiger partial charge < -0.3 is 14.6 Å². The Balaban J connectivity index is 2.14. The Labute approximate surface area is 158 Å². The molecule has 0 amide bonds. The van der Waals surface area contributed by atoms with Crippen LogP contribution in [0, 0.1) is 6.92 Å². The van der Waals surface area contributed by atoms with Gasteiger partial charge in [-0.3, -0.25) is 9.69 Å². The van der Waals surface area contributed by atoms with E-state index in [4.69, 9.17) is 9.47 Å². The Morgan fingerprint density at radius 3 is 2.69 bits per heavy atom. The average Bonchev–Trinajstić information content (AvgIpc) is 3.08. The summed E-state index contributed by atoms with van der Waals surface area (Å²) in [6.45, 7) is 2.81. The highest BCUT2D eigenvalue weighted by molar-refractivity contribution is 7.10. The zero-order chi connectivity index (χ0) is 18.7. The van der Waals surface area contributed by atoms with Gasteiger partial charge in [-0.15, -0.1) is 11.3 Å². The van der Waals surface area contributed by atoms with Crippen molar-refractivity contribution < 1.29 is 19.4 Å². The van der Waals surface area contributed by atoms with E-state index in [1.165, 1.54) is 5.56 Å². The lowest BCUT2D eigenvalue weighted by Gasteiger charge is -2.39. The third-order valence-electron chi connectivity index (χ3n) is 4.91. The van der Waals surface area contributed by atoms with Crippen molar-refractivity contribution in [3.05, 3.63) is 45.6 Å². The van der Waals surface area contributed by atoms with Crippen LogP contribution < -0.4 is 9.47 Å². The molecule has 0 bridgehead atoms. The van der Waals surface area contributed by atoms with Gasteiger partial charge in [0.2, 0.25) is 0 Å². The van der Waals surface area contributed by atoms with Crippen molar-refractivity contribution in [1.29, 1.82) is 0 Å². The van der Waals surface area contributed by atoms with Crippen molar-refractivity contribution in [3.63, 3.8) is 0 Å². The highest BCUT2D eigenvalue weighted by Gasteiger charge is 2.37. The monoisotopic (exact) mass is 375 g/mol. The SMILES string of the molecule is COc1ccc(OC)c(C(c2cc(C)cs2)N2CCCCC2C(=O)O)c1. The minimum absolute atomic E-state index is 0.167. The first kappa shape index (κ1) is 18.7. The number of benzene rings is 1. The van der Waals surface area contributed by atoms with Crippen molar-refractivity contribution in [2.75, 3.05) is 20.8 Å². The van der Waals surface area contributed by atoms with E-state index < -0.39 is 12.0 Å². The van der Waals surface area contributed by atoms with Gasteiger partial charge in [-0.05, 0) is 61.5 Å². The first-order valence-corrected chi connectivity index (χ1v) is 9.68. The zero-order valence-corrected chi connectivity index (χ0v) is 16.2. The molecule has 2 atom stereocenters. The van der Waals surface area contributed by atoms with Gasteiger partial charge in [0.25, 0.3) is 0 Å². The van der Waals surface area contributed by atoms with Gasteiger partial charge in [0.1, 0.15) is 17.5 Å². The van der Waals surface area contributed by atoms with Gasteiger partial charge in [-0.2, -0.15) is 0 Å². The molecule has 1 saturated heterocycles. The number of aryl methyl sites for hydroxylation is 1. The lowest BCUT2D eigenvalue weighted by atomic mass is 9.94. The molecule has 26 heavy (non-hydrogen) atoms. The molecule has 2 unspecified atom stereocenters. The highest BCUT2D eigenvalue weighted by atomic mass is 32.1. The molecule has 2 aromatic rings. The summed E-state index contributed by atoms with van der Waals surface area (Å²) in [5, 5.41) is 11.9. The van der Waals surface area contributed by atoms with Crippen molar-refractivity contribution in [1.82, 2.24) is 4.90 Å². The Morgan fingerprint density at radius 1 is 1.27 bits per heavy atom. The lowest BCUT2D eigenvalue weighted by molar-refractivity contribution is -0.145. The van der Waals surface area contributed by atoms with Crippen molar-refractivity contribution in [2.45, 2.75) is 38.3 Å². The Kier molecular flexibility index (Phi) is 5.84. The number of carboxylic acids is 1. The van der Waals surface area contributed by atoms with Crippen molar-refractivity contribution in [2.24, 2.45) is 0 Å². The predicted octanol–water partition coefficient (Wildman–Crippen LogP) is 4.10. The second-order valence-electron chi connectivity index (χ2n) is 6.62. The van der Waals surface area contributed by atoms with Crippen LogP contribution in [0.3, 0.4) is 0 Å². The third kappa shape index (κ3) is 3.71. The maximum atomic E-state index is 11.9. The van der Waals surface area contributed by atoms with Crippen molar-refractivity contribution in [3.8, 4) is 11.5 Å². The van der Waals surface area contributed by atoms with Crippen LogP contribution in [0.25, 0.3) is 0 Å². The van der Waals surface area contributed by atoms with Crippen LogP contribution in [-0.2, 0) is 4.79 Å². The molecule has 3 rings (SSSR count). The fourth-order valence-corrected chi connectivity index (χ4v) is 4.71. The van der Waals surface area contributed by atoms with E-state index in [9.17, 15) is 9.90 Å². The molecular weight excluding hydrogens is 350 g/mol. The molecule has 5 nitrogen and oxygen atoms in total. The Morgan fingerprint density at radius 2 is 2.08 bits per heavy atom. The first-order valence-electron chi connectivity index (χ1n) is 8.80. The quantitative estimate of drug-likeness (QED) is 0.824. The molecule has 0 saturated carbocycles. The summed E-state index contributed by atoms with van der Waals surface area (Å²) in [4.78, 5) is 15.2. The smallest absolute Gasteiger partial charge is 0.320 e. The fourth-order valence-electron chi connectivity index (χ4n) is 3.67. The van der Waals surface area contributed by atoms with Crippen LogP contribution in [0.5, 0.6) is 11.5 Å². The molecule has 6 heteroatoms. The number of aliphatic carboxylic acids is 1. The number of likely N-dealkylation sites (tertiary alicyclic amines) is 1. The number of rotatable bonds is 6. The number of methoxy groups -OCH3 is 2. The molecule has 0 spiro atoms. The molecule has 1 fully saturated rings. The maximum absolute atomic E-state index is 11.9. The number of thiophene rings is 1. The molecule has 0 radical (unpaired) electrons. The second kappa shape index (κ2) is 8.10. The molecule has 1 aromatic heterocycles. The summed E-state index contributed by atoms with van der Waals surface area (Å²) in [5.41, 5.74) is 2.13. The summed E-state index contributed by atoms with van der Waals surface area (Å²) in [7, 11) is 3.28. The maximum Gasteiger partial charge on any atom is 0.320 e. The van der Waals surface area contributed by atoms with Crippen LogP contribution in [0.2, 0.25) is 0 Å². The number of nitrogens with zero attached hydrogens (tertiary/aromatic N) is 1. The minimum atomic E-state index is -0.759. The summed E-state index contributed by atoms with van der Waals surface area (Å²) < 4.78 is 11.0. The van der Waals surface area contributed by atoms with E-state index in [-0.39, 0.29) is 6.04 Å². The number of hydrogen-bond donors (Lipinski definition) is 1. The molecular formula is C20H25NO4S. The topological polar surface area (TPSA) is 59.0 Å². The summed E-state index contributed by atoms with van der Waals surface area (Å²) in [6, 6.07) is 7.20. The van der Waals surface area contributed by atoms with E-state index in [1.54, 1.807) is 25.6 Å². The van der Waals surface area contributed by atoms with E-state index in [0.29, 0.717) is 6.42 Å². The second-order valence-corrected chi connectivity index (χ2v) is 7.57. The zero-order valence-electron chi connectivity index (χ0n) is 15.4. The number of ether oxygens (including phenoxy) is 2. The number of hydrogen-bond acceptors (Lipinski definition) is 5. The standard InChI is InChI=1S/C20H25NO4S/c1-13-10-18(26-12-13)19(21-9-5-4-6-16(21)20(22)23)15-11-14(24-2)7-8-17(15)25-3/h7-8,10-12,16,19H,4-6,9H2,1-3H3,(H,22,23). The average molecular weight is 375 g/mol. The van der Waals surface area contributed by atoms with E-state index in [1.807, 2.05) is 18.2 Å². The molecule has 1 N–H and O–H groups in total. The van der Waals surface area contributed by atoms with Crippen LogP contribution in [0.15, 0.2) is 29.6 Å². The number of piperidine rings is 1. The lowest BCUT2D eigenvalue weighted by Crippen LogP contribution is -2.46. The Bertz CT molecular complexity index is 773. The van der Waals surface area contributed by atoms with Gasteiger partial charge in [0.05, 0.1) is 20.3 Å². The predicted molar refractivity (Wildman–Crippen MR) is 102 cm³/mol.